The molecule has 0 aliphatic carbocycles. The van der Waals surface area contributed by atoms with Crippen LogP contribution in [0.2, 0.25) is 0 Å². The molecule has 3 aromatic rings. The van der Waals surface area contributed by atoms with Gasteiger partial charge >= 0.3 is 0 Å². The van der Waals surface area contributed by atoms with Crippen LogP contribution >= 0.6 is 0 Å². The van der Waals surface area contributed by atoms with Gasteiger partial charge in [-0.2, -0.15) is 0 Å². The van der Waals surface area contributed by atoms with Crippen molar-refractivity contribution in [1.29, 1.82) is 0 Å². The van der Waals surface area contributed by atoms with Crippen LogP contribution in [0.4, 0.5) is 5.69 Å². The van der Waals surface area contributed by atoms with Crippen LogP contribution < -0.4 is 5.32 Å². The fourth-order valence-corrected chi connectivity index (χ4v) is 2.14. The highest BCUT2D eigenvalue weighted by Crippen LogP contribution is 2.21. The molecule has 0 aliphatic heterocycles. The van der Waals surface area contributed by atoms with Crippen molar-refractivity contribution in [3.63, 3.8) is 0 Å². The highest BCUT2D eigenvalue weighted by Gasteiger charge is 2.05. The number of pyridine rings is 2. The molecule has 0 saturated carbocycles. The van der Waals surface area contributed by atoms with E-state index >= 15 is 0 Å². The van der Waals surface area contributed by atoms with Gasteiger partial charge in [-0.15, -0.1) is 0 Å². The summed E-state index contributed by atoms with van der Waals surface area (Å²) in [5, 5.41) is 4.48. The van der Waals surface area contributed by atoms with Gasteiger partial charge < -0.3 is 5.32 Å². The molecular formula is C15H16N4. The quantitative estimate of drug-likeness (QED) is 0.778. The van der Waals surface area contributed by atoms with Crippen LogP contribution in [0, 0.1) is 0 Å². The van der Waals surface area contributed by atoms with Crippen LogP contribution in [0.3, 0.4) is 0 Å². The van der Waals surface area contributed by atoms with Crippen molar-refractivity contribution in [3.8, 4) is 5.69 Å². The van der Waals surface area contributed by atoms with Gasteiger partial charge in [0, 0.05) is 23.8 Å². The van der Waals surface area contributed by atoms with E-state index in [-0.39, 0.29) is 0 Å². The van der Waals surface area contributed by atoms with Crippen molar-refractivity contribution in [1.82, 2.24) is 14.5 Å². The van der Waals surface area contributed by atoms with E-state index in [4.69, 9.17) is 0 Å². The Hall–Kier alpha value is -2.36. The van der Waals surface area contributed by atoms with Crippen molar-refractivity contribution in [2.75, 3.05) is 5.32 Å². The van der Waals surface area contributed by atoms with Gasteiger partial charge in [-0.05, 0) is 38.1 Å². The molecule has 0 radical (unpaired) electrons. The van der Waals surface area contributed by atoms with Gasteiger partial charge in [-0.25, -0.2) is 4.98 Å². The number of aromatic nitrogens is 3. The number of nitrogens with one attached hydrogen (secondary N) is 1. The lowest BCUT2D eigenvalue weighted by Crippen LogP contribution is -2.09. The van der Waals surface area contributed by atoms with Crippen molar-refractivity contribution in [3.05, 3.63) is 49.1 Å². The molecule has 0 aliphatic rings. The third-order valence-corrected chi connectivity index (χ3v) is 2.91. The normalized spacial score (nSPS) is 11.1. The summed E-state index contributed by atoms with van der Waals surface area (Å²) in [6, 6.07) is 8.54. The molecule has 0 saturated heterocycles. The number of anilines is 1. The van der Waals surface area contributed by atoms with Crippen LogP contribution in [-0.4, -0.2) is 20.6 Å². The van der Waals surface area contributed by atoms with Crippen molar-refractivity contribution < 1.29 is 0 Å². The van der Waals surface area contributed by atoms with Gasteiger partial charge in [-0.1, -0.05) is 0 Å². The molecule has 4 heteroatoms. The Bertz CT molecular complexity index is 686. The first-order chi connectivity index (χ1) is 9.24. The van der Waals surface area contributed by atoms with E-state index in [0.717, 1.165) is 22.4 Å². The summed E-state index contributed by atoms with van der Waals surface area (Å²) in [4.78, 5) is 8.69. The first-order valence-electron chi connectivity index (χ1n) is 6.38. The first-order valence-corrected chi connectivity index (χ1v) is 6.38. The SMILES string of the molecule is CC(C)Nc1cnc2c(ccn2-c2cccnc2)c1. The number of hydrogen-bond donors (Lipinski definition) is 1. The Labute approximate surface area is 112 Å². The standard InChI is InChI=1S/C15H16N4/c1-11(2)18-13-8-12-5-7-19(15(12)17-9-13)14-4-3-6-16-10-14/h3-11,18H,1-2H3. The van der Waals surface area contributed by atoms with Crippen molar-refractivity contribution >= 4 is 16.7 Å². The zero-order valence-electron chi connectivity index (χ0n) is 11.0. The second-order valence-electron chi connectivity index (χ2n) is 4.83. The summed E-state index contributed by atoms with van der Waals surface area (Å²) >= 11 is 0. The largest absolute Gasteiger partial charge is 0.382 e. The average molecular weight is 252 g/mol. The highest BCUT2D eigenvalue weighted by atomic mass is 15.0. The Morgan fingerprint density at radius 2 is 2.11 bits per heavy atom. The molecular weight excluding hydrogens is 236 g/mol. The van der Waals surface area contributed by atoms with Crippen molar-refractivity contribution in [2.45, 2.75) is 19.9 Å². The summed E-state index contributed by atoms with van der Waals surface area (Å²) in [5.74, 6) is 0. The van der Waals surface area contributed by atoms with Gasteiger partial charge in [0.05, 0.1) is 23.8 Å². The lowest BCUT2D eigenvalue weighted by Gasteiger charge is -2.09. The topological polar surface area (TPSA) is 42.7 Å². The van der Waals surface area contributed by atoms with E-state index in [1.807, 2.05) is 35.3 Å². The van der Waals surface area contributed by atoms with Crippen LogP contribution in [-0.2, 0) is 0 Å². The van der Waals surface area contributed by atoms with Crippen LogP contribution in [0.5, 0.6) is 0 Å². The Kier molecular flexibility index (Phi) is 2.91. The molecule has 4 nitrogen and oxygen atoms in total. The van der Waals surface area contributed by atoms with E-state index in [0.29, 0.717) is 6.04 Å². The molecule has 3 rings (SSSR count). The van der Waals surface area contributed by atoms with E-state index in [1.54, 1.807) is 6.20 Å². The summed E-state index contributed by atoms with van der Waals surface area (Å²) < 4.78 is 2.04. The maximum absolute atomic E-state index is 4.54. The van der Waals surface area contributed by atoms with Gasteiger partial charge in [0.25, 0.3) is 0 Å². The number of hydrogen-bond acceptors (Lipinski definition) is 3. The molecule has 3 heterocycles. The molecule has 96 valence electrons. The fraction of sp³-hybridized carbons (Fsp3) is 0.200. The third kappa shape index (κ3) is 2.29. The highest BCUT2D eigenvalue weighted by molar-refractivity contribution is 5.81. The fourth-order valence-electron chi connectivity index (χ4n) is 2.14. The average Bonchev–Trinajstić information content (AvgIpc) is 2.82. The summed E-state index contributed by atoms with van der Waals surface area (Å²) in [6.45, 7) is 4.23. The lowest BCUT2D eigenvalue weighted by atomic mass is 10.3. The van der Waals surface area contributed by atoms with E-state index < -0.39 is 0 Å². The molecule has 0 atom stereocenters. The molecule has 19 heavy (non-hydrogen) atoms. The summed E-state index contributed by atoms with van der Waals surface area (Å²) in [5.41, 5.74) is 3.02. The molecule has 0 spiro atoms. The molecule has 0 bridgehead atoms. The smallest absolute Gasteiger partial charge is 0.144 e. The monoisotopic (exact) mass is 252 g/mol. The minimum atomic E-state index is 0.402. The van der Waals surface area contributed by atoms with E-state index in [2.05, 4.69) is 41.3 Å². The second-order valence-corrected chi connectivity index (χ2v) is 4.83. The van der Waals surface area contributed by atoms with Gasteiger partial charge in [-0.3, -0.25) is 9.55 Å². The summed E-state index contributed by atoms with van der Waals surface area (Å²) in [6.07, 6.45) is 7.50. The van der Waals surface area contributed by atoms with Crippen LogP contribution in [0.15, 0.2) is 49.1 Å². The lowest BCUT2D eigenvalue weighted by molar-refractivity contribution is 0.898. The van der Waals surface area contributed by atoms with Gasteiger partial charge in [0.1, 0.15) is 5.65 Å². The molecule has 3 aromatic heterocycles. The minimum absolute atomic E-state index is 0.402. The number of nitrogens with zero attached hydrogens (tertiary/aromatic N) is 3. The maximum atomic E-state index is 4.54. The molecule has 0 amide bonds. The first kappa shape index (κ1) is 11.7. The molecule has 0 unspecified atom stereocenters. The predicted molar refractivity (Wildman–Crippen MR) is 77.6 cm³/mol. The number of rotatable bonds is 3. The van der Waals surface area contributed by atoms with Crippen LogP contribution in [0.1, 0.15) is 13.8 Å². The predicted octanol–water partition coefficient (Wildman–Crippen LogP) is 3.24. The van der Waals surface area contributed by atoms with Gasteiger partial charge in [0.15, 0.2) is 0 Å². The number of fused-ring (bicyclic) bond motifs is 1. The van der Waals surface area contributed by atoms with Crippen LogP contribution in [0.25, 0.3) is 16.7 Å². The van der Waals surface area contributed by atoms with E-state index in [9.17, 15) is 0 Å². The zero-order chi connectivity index (χ0) is 13.2. The Balaban J connectivity index is 2.05. The second kappa shape index (κ2) is 4.72. The molecule has 0 aromatic carbocycles. The van der Waals surface area contributed by atoms with Crippen molar-refractivity contribution in [2.24, 2.45) is 0 Å². The Morgan fingerprint density at radius 3 is 2.84 bits per heavy atom. The molecule has 0 fully saturated rings. The minimum Gasteiger partial charge on any atom is -0.382 e. The summed E-state index contributed by atoms with van der Waals surface area (Å²) in [7, 11) is 0. The van der Waals surface area contributed by atoms with Gasteiger partial charge in [0.2, 0.25) is 0 Å². The van der Waals surface area contributed by atoms with E-state index in [1.165, 1.54) is 0 Å². The Morgan fingerprint density at radius 1 is 1.21 bits per heavy atom. The maximum Gasteiger partial charge on any atom is 0.144 e. The molecule has 1 N–H and O–H groups in total. The third-order valence-electron chi connectivity index (χ3n) is 2.91. The zero-order valence-corrected chi connectivity index (χ0v) is 11.0.